The molecule has 0 amide bonds. The highest BCUT2D eigenvalue weighted by atomic mass is 32.2. The van der Waals surface area contributed by atoms with Gasteiger partial charge in [0.15, 0.2) is 0 Å². The lowest BCUT2D eigenvalue weighted by Crippen LogP contribution is -2.44. The fraction of sp³-hybridized carbons (Fsp3) is 0.500. The summed E-state index contributed by atoms with van der Waals surface area (Å²) in [6, 6.07) is 13.1. The Morgan fingerprint density at radius 2 is 1.92 bits per heavy atom. The van der Waals surface area contributed by atoms with Gasteiger partial charge in [0.25, 0.3) is 0 Å². The highest BCUT2D eigenvalue weighted by Crippen LogP contribution is 2.45. The third-order valence-corrected chi connectivity index (χ3v) is 8.08. The third-order valence-electron chi connectivity index (χ3n) is 6.25. The zero-order valence-electron chi connectivity index (χ0n) is 14.6. The largest absolute Gasteiger partial charge is 0.390 e. The molecule has 5 heteroatoms. The molecule has 134 valence electrons. The molecule has 2 aromatic rings. The van der Waals surface area contributed by atoms with E-state index in [-0.39, 0.29) is 11.8 Å². The van der Waals surface area contributed by atoms with E-state index < -0.39 is 15.6 Å². The van der Waals surface area contributed by atoms with E-state index in [0.29, 0.717) is 24.4 Å². The lowest BCUT2D eigenvalue weighted by molar-refractivity contribution is -0.0605. The van der Waals surface area contributed by atoms with Crippen molar-refractivity contribution in [3.63, 3.8) is 0 Å². The summed E-state index contributed by atoms with van der Waals surface area (Å²) in [6.07, 6.45) is 3.47. The summed E-state index contributed by atoms with van der Waals surface area (Å²) in [5.41, 5.74) is -0.712. The lowest BCUT2D eigenvalue weighted by Gasteiger charge is -2.40. The quantitative estimate of drug-likeness (QED) is 0.914. The van der Waals surface area contributed by atoms with Gasteiger partial charge in [-0.1, -0.05) is 43.7 Å². The van der Waals surface area contributed by atoms with Gasteiger partial charge >= 0.3 is 0 Å². The molecular weight excluding hydrogens is 334 g/mol. The zero-order chi connectivity index (χ0) is 17.7. The first-order valence-corrected chi connectivity index (χ1v) is 10.6. The van der Waals surface area contributed by atoms with Crippen molar-refractivity contribution in [2.75, 3.05) is 13.1 Å². The standard InChI is InChI=1S/C20H25NO3S/c1-2-20(22)11-5-8-17-13-21(14-19(17)20)25(23,24)18-10-9-15-6-3-4-7-16(15)12-18/h3-4,6-7,9-10,12,17,19,22H,2,5,8,11,13-14H2,1H3/t17-,19+,20-/m1/s1. The van der Waals surface area contributed by atoms with Crippen LogP contribution in [0.3, 0.4) is 0 Å². The summed E-state index contributed by atoms with van der Waals surface area (Å²) < 4.78 is 27.9. The Labute approximate surface area is 149 Å². The average Bonchev–Trinajstić information content (AvgIpc) is 3.08. The molecule has 1 saturated carbocycles. The molecule has 25 heavy (non-hydrogen) atoms. The SMILES string of the molecule is CC[C@@]1(O)CCC[C@@H]2CN(S(=O)(=O)c3ccc4ccccc4c3)C[C@@H]21. The van der Waals surface area contributed by atoms with Gasteiger partial charge in [-0.3, -0.25) is 0 Å². The number of aliphatic hydroxyl groups is 1. The van der Waals surface area contributed by atoms with E-state index >= 15 is 0 Å². The Kier molecular flexibility index (Phi) is 4.13. The summed E-state index contributed by atoms with van der Waals surface area (Å²) in [4.78, 5) is 0.352. The molecule has 0 spiro atoms. The molecule has 1 aliphatic heterocycles. The minimum atomic E-state index is -3.52. The zero-order valence-corrected chi connectivity index (χ0v) is 15.4. The molecule has 1 heterocycles. The second-order valence-corrected chi connectivity index (χ2v) is 9.48. The van der Waals surface area contributed by atoms with Crippen LogP contribution in [0.2, 0.25) is 0 Å². The second kappa shape index (κ2) is 6.08. The summed E-state index contributed by atoms with van der Waals surface area (Å²) in [6.45, 7) is 2.97. The predicted molar refractivity (Wildman–Crippen MR) is 98.8 cm³/mol. The number of hydrogen-bond donors (Lipinski definition) is 1. The molecule has 0 bridgehead atoms. The fourth-order valence-electron chi connectivity index (χ4n) is 4.70. The number of sulfonamides is 1. The van der Waals surface area contributed by atoms with Gasteiger partial charge in [0.2, 0.25) is 10.0 Å². The Bertz CT molecular complexity index is 895. The molecule has 0 aromatic heterocycles. The predicted octanol–water partition coefficient (Wildman–Crippen LogP) is 3.40. The van der Waals surface area contributed by atoms with Crippen LogP contribution in [0, 0.1) is 11.8 Å². The van der Waals surface area contributed by atoms with Gasteiger partial charge < -0.3 is 5.11 Å². The summed E-state index contributed by atoms with van der Waals surface area (Å²) >= 11 is 0. The van der Waals surface area contributed by atoms with Gasteiger partial charge in [0, 0.05) is 19.0 Å². The molecule has 3 atom stereocenters. The summed E-state index contributed by atoms with van der Waals surface area (Å²) in [5.74, 6) is 0.329. The van der Waals surface area contributed by atoms with Crippen molar-refractivity contribution in [2.45, 2.75) is 43.1 Å². The fourth-order valence-corrected chi connectivity index (χ4v) is 6.26. The average molecular weight is 359 g/mol. The van der Waals surface area contributed by atoms with Gasteiger partial charge in [-0.2, -0.15) is 4.31 Å². The van der Waals surface area contributed by atoms with Crippen molar-refractivity contribution in [1.29, 1.82) is 0 Å². The first kappa shape index (κ1) is 17.0. The van der Waals surface area contributed by atoms with Crippen LogP contribution >= 0.6 is 0 Å². The normalized spacial score (nSPS) is 30.5. The van der Waals surface area contributed by atoms with Gasteiger partial charge in [-0.25, -0.2) is 8.42 Å². The van der Waals surface area contributed by atoms with E-state index in [1.54, 1.807) is 16.4 Å². The van der Waals surface area contributed by atoms with Crippen molar-refractivity contribution in [3.05, 3.63) is 42.5 Å². The minimum Gasteiger partial charge on any atom is -0.390 e. The molecule has 2 aliphatic rings. The number of benzene rings is 2. The lowest BCUT2D eigenvalue weighted by atomic mass is 9.69. The smallest absolute Gasteiger partial charge is 0.243 e. The van der Waals surface area contributed by atoms with Crippen LogP contribution in [0.25, 0.3) is 10.8 Å². The molecule has 4 nitrogen and oxygen atoms in total. The number of fused-ring (bicyclic) bond motifs is 2. The number of nitrogens with zero attached hydrogens (tertiary/aromatic N) is 1. The van der Waals surface area contributed by atoms with Crippen LogP contribution in [-0.4, -0.2) is 36.5 Å². The van der Waals surface area contributed by atoms with Crippen molar-refractivity contribution in [1.82, 2.24) is 4.31 Å². The van der Waals surface area contributed by atoms with E-state index in [1.165, 1.54) is 0 Å². The summed E-state index contributed by atoms with van der Waals surface area (Å²) in [7, 11) is -3.52. The first-order valence-electron chi connectivity index (χ1n) is 9.15. The molecule has 1 N–H and O–H groups in total. The number of hydrogen-bond acceptors (Lipinski definition) is 3. The maximum atomic E-state index is 13.2. The van der Waals surface area contributed by atoms with Gasteiger partial charge in [-0.05, 0) is 48.1 Å². The van der Waals surface area contributed by atoms with Crippen molar-refractivity contribution in [2.24, 2.45) is 11.8 Å². The topological polar surface area (TPSA) is 57.6 Å². The van der Waals surface area contributed by atoms with E-state index in [2.05, 4.69) is 0 Å². The second-order valence-electron chi connectivity index (χ2n) is 7.55. The molecule has 0 unspecified atom stereocenters. The van der Waals surface area contributed by atoms with Gasteiger partial charge in [-0.15, -0.1) is 0 Å². The van der Waals surface area contributed by atoms with Gasteiger partial charge in [0.1, 0.15) is 0 Å². The molecular formula is C20H25NO3S. The molecule has 0 radical (unpaired) electrons. The Morgan fingerprint density at radius 3 is 2.68 bits per heavy atom. The minimum absolute atomic E-state index is 0.0569. The van der Waals surface area contributed by atoms with Crippen LogP contribution in [-0.2, 0) is 10.0 Å². The van der Waals surface area contributed by atoms with Crippen LogP contribution in [0.4, 0.5) is 0 Å². The van der Waals surface area contributed by atoms with Crippen LogP contribution < -0.4 is 0 Å². The highest BCUT2D eigenvalue weighted by molar-refractivity contribution is 7.89. The number of rotatable bonds is 3. The maximum Gasteiger partial charge on any atom is 0.243 e. The van der Waals surface area contributed by atoms with E-state index in [9.17, 15) is 13.5 Å². The van der Waals surface area contributed by atoms with E-state index in [1.807, 2.05) is 37.3 Å². The molecule has 1 saturated heterocycles. The van der Waals surface area contributed by atoms with Crippen molar-refractivity contribution in [3.8, 4) is 0 Å². The highest BCUT2D eigenvalue weighted by Gasteiger charge is 2.50. The van der Waals surface area contributed by atoms with Gasteiger partial charge in [0.05, 0.1) is 10.5 Å². The molecule has 2 fully saturated rings. The maximum absolute atomic E-state index is 13.2. The molecule has 4 rings (SSSR count). The first-order chi connectivity index (χ1) is 11.9. The Hall–Kier alpha value is -1.43. The molecule has 2 aromatic carbocycles. The van der Waals surface area contributed by atoms with Crippen LogP contribution in [0.15, 0.2) is 47.4 Å². The third kappa shape index (κ3) is 2.78. The monoisotopic (exact) mass is 359 g/mol. The van der Waals surface area contributed by atoms with Crippen LogP contribution in [0.1, 0.15) is 32.6 Å². The van der Waals surface area contributed by atoms with E-state index in [0.717, 1.165) is 30.0 Å². The Morgan fingerprint density at radius 1 is 1.16 bits per heavy atom. The van der Waals surface area contributed by atoms with Crippen LogP contribution in [0.5, 0.6) is 0 Å². The molecule has 1 aliphatic carbocycles. The van der Waals surface area contributed by atoms with Crippen molar-refractivity contribution >= 4 is 20.8 Å². The Balaban J connectivity index is 1.66. The summed E-state index contributed by atoms with van der Waals surface area (Å²) in [5, 5.41) is 12.9. The van der Waals surface area contributed by atoms with E-state index in [4.69, 9.17) is 0 Å². The van der Waals surface area contributed by atoms with Crippen molar-refractivity contribution < 1.29 is 13.5 Å².